The highest BCUT2D eigenvalue weighted by atomic mass is 16.6. The Morgan fingerprint density at radius 2 is 1.95 bits per heavy atom. The molecule has 0 spiro atoms. The van der Waals surface area contributed by atoms with Crippen molar-refractivity contribution in [3.05, 3.63) is 0 Å². The van der Waals surface area contributed by atoms with Gasteiger partial charge in [0.15, 0.2) is 0 Å². The van der Waals surface area contributed by atoms with Gasteiger partial charge in [-0.3, -0.25) is 10.0 Å². The Hall–Kier alpha value is -1.30. The molecule has 6 nitrogen and oxygen atoms in total. The lowest BCUT2D eigenvalue weighted by Crippen LogP contribution is -2.56. The molecule has 2 fully saturated rings. The second-order valence-electron chi connectivity index (χ2n) is 5.55. The predicted octanol–water partition coefficient (Wildman–Crippen LogP) is 1.97. The average molecular weight is 270 g/mol. The molecule has 1 saturated heterocycles. The summed E-state index contributed by atoms with van der Waals surface area (Å²) >= 11 is 0. The number of carbonyl (C=O) groups is 2. The van der Waals surface area contributed by atoms with Gasteiger partial charge < -0.3 is 9.64 Å². The predicted molar refractivity (Wildman–Crippen MR) is 67.3 cm³/mol. The molecule has 0 aromatic rings. The molecule has 6 heteroatoms. The van der Waals surface area contributed by atoms with E-state index in [0.29, 0.717) is 11.5 Å². The molecule has 0 radical (unpaired) electrons. The Morgan fingerprint density at radius 1 is 1.32 bits per heavy atom. The van der Waals surface area contributed by atoms with E-state index >= 15 is 0 Å². The van der Waals surface area contributed by atoms with E-state index in [1.54, 1.807) is 7.05 Å². The van der Waals surface area contributed by atoms with Gasteiger partial charge in [-0.05, 0) is 19.8 Å². The molecule has 1 saturated carbocycles. The lowest BCUT2D eigenvalue weighted by Gasteiger charge is -2.39. The first-order valence-electron chi connectivity index (χ1n) is 6.96. The van der Waals surface area contributed by atoms with E-state index in [2.05, 4.69) is 0 Å². The number of urea groups is 1. The van der Waals surface area contributed by atoms with Gasteiger partial charge in [0, 0.05) is 19.5 Å². The monoisotopic (exact) mass is 270 g/mol. The summed E-state index contributed by atoms with van der Waals surface area (Å²) in [5, 5.41) is 10.3. The highest BCUT2D eigenvalue weighted by molar-refractivity contribution is 5.76. The van der Waals surface area contributed by atoms with Gasteiger partial charge in [-0.15, -0.1) is 0 Å². The van der Waals surface area contributed by atoms with Crippen LogP contribution in [-0.2, 0) is 9.53 Å². The number of nitrogens with zero attached hydrogens (tertiary/aromatic N) is 2. The summed E-state index contributed by atoms with van der Waals surface area (Å²) in [6, 6.07) is -0.583. The summed E-state index contributed by atoms with van der Waals surface area (Å²) in [5.41, 5.74) is 0. The topological polar surface area (TPSA) is 70.1 Å². The standard InChI is InChI=1S/C13H22N2O4/c1-9-8-11(15(18)13(17)14(9)2)19-12(16)10-6-4-3-5-7-10/h9-11,18H,3-8H2,1-2H3. The zero-order chi connectivity index (χ0) is 14.0. The van der Waals surface area contributed by atoms with Crippen molar-refractivity contribution in [2.75, 3.05) is 7.05 Å². The normalized spacial score (nSPS) is 29.5. The molecule has 0 bridgehead atoms. The van der Waals surface area contributed by atoms with Gasteiger partial charge in [0.05, 0.1) is 5.92 Å². The summed E-state index contributed by atoms with van der Waals surface area (Å²) in [4.78, 5) is 25.2. The highest BCUT2D eigenvalue weighted by Gasteiger charge is 2.38. The zero-order valence-electron chi connectivity index (χ0n) is 11.5. The third kappa shape index (κ3) is 3.00. The van der Waals surface area contributed by atoms with Crippen LogP contribution >= 0.6 is 0 Å². The van der Waals surface area contributed by atoms with Crippen molar-refractivity contribution < 1.29 is 19.5 Å². The number of amides is 2. The SMILES string of the molecule is CC1CC(OC(=O)C2CCCCC2)N(O)C(=O)N1C. The van der Waals surface area contributed by atoms with Gasteiger partial charge in [0.1, 0.15) is 0 Å². The first-order valence-corrected chi connectivity index (χ1v) is 6.96. The van der Waals surface area contributed by atoms with Gasteiger partial charge in [-0.1, -0.05) is 19.3 Å². The molecular formula is C13H22N2O4. The molecule has 1 aliphatic carbocycles. The number of carbonyl (C=O) groups excluding carboxylic acids is 2. The fraction of sp³-hybridized carbons (Fsp3) is 0.846. The Kier molecular flexibility index (Phi) is 4.29. The molecule has 108 valence electrons. The van der Waals surface area contributed by atoms with Gasteiger partial charge in [0.2, 0.25) is 6.23 Å². The van der Waals surface area contributed by atoms with E-state index in [0.717, 1.165) is 25.7 Å². The van der Waals surface area contributed by atoms with Crippen molar-refractivity contribution in [2.24, 2.45) is 5.92 Å². The largest absolute Gasteiger partial charge is 0.439 e. The van der Waals surface area contributed by atoms with Crippen molar-refractivity contribution >= 4 is 12.0 Å². The maximum atomic E-state index is 12.0. The Balaban J connectivity index is 1.94. The maximum absolute atomic E-state index is 12.0. The number of hydrogen-bond acceptors (Lipinski definition) is 4. The molecule has 1 N–H and O–H groups in total. The van der Waals surface area contributed by atoms with E-state index in [1.807, 2.05) is 6.92 Å². The summed E-state index contributed by atoms with van der Waals surface area (Å²) < 4.78 is 5.32. The van der Waals surface area contributed by atoms with Crippen molar-refractivity contribution in [2.45, 2.75) is 57.7 Å². The number of hydroxylamine groups is 2. The van der Waals surface area contributed by atoms with Crippen LogP contribution in [0.4, 0.5) is 4.79 Å². The second-order valence-corrected chi connectivity index (χ2v) is 5.55. The smallest absolute Gasteiger partial charge is 0.347 e. The van der Waals surface area contributed by atoms with E-state index in [9.17, 15) is 14.8 Å². The van der Waals surface area contributed by atoms with Crippen LogP contribution in [0, 0.1) is 5.92 Å². The Labute approximate surface area is 113 Å². The molecule has 2 atom stereocenters. The van der Waals surface area contributed by atoms with Crippen LogP contribution in [0.15, 0.2) is 0 Å². The molecule has 2 aliphatic rings. The van der Waals surface area contributed by atoms with Crippen molar-refractivity contribution in [1.82, 2.24) is 9.96 Å². The van der Waals surface area contributed by atoms with Gasteiger partial charge in [-0.25, -0.2) is 4.79 Å². The lowest BCUT2D eigenvalue weighted by atomic mass is 9.89. The molecule has 0 aromatic carbocycles. The summed E-state index contributed by atoms with van der Waals surface area (Å²) in [7, 11) is 1.62. The molecule has 2 amide bonds. The molecule has 0 aromatic heterocycles. The molecule has 2 unspecified atom stereocenters. The van der Waals surface area contributed by atoms with Crippen molar-refractivity contribution in [1.29, 1.82) is 0 Å². The van der Waals surface area contributed by atoms with E-state index in [-0.39, 0.29) is 17.9 Å². The summed E-state index contributed by atoms with van der Waals surface area (Å²) in [5.74, 6) is -0.361. The lowest BCUT2D eigenvalue weighted by molar-refractivity contribution is -0.212. The minimum Gasteiger partial charge on any atom is -0.439 e. The van der Waals surface area contributed by atoms with Crippen LogP contribution in [0.1, 0.15) is 45.4 Å². The maximum Gasteiger partial charge on any atom is 0.347 e. The van der Waals surface area contributed by atoms with Crippen molar-refractivity contribution in [3.8, 4) is 0 Å². The summed E-state index contributed by atoms with van der Waals surface area (Å²) in [6.07, 6.45) is 4.53. The van der Waals surface area contributed by atoms with Crippen LogP contribution in [0.3, 0.4) is 0 Å². The second kappa shape index (κ2) is 5.77. The Bertz CT molecular complexity index is 355. The minimum absolute atomic E-state index is 0.0555. The first-order chi connectivity index (χ1) is 9.00. The van der Waals surface area contributed by atoms with Crippen molar-refractivity contribution in [3.63, 3.8) is 0 Å². The third-order valence-electron chi connectivity index (χ3n) is 4.17. The summed E-state index contributed by atoms with van der Waals surface area (Å²) in [6.45, 7) is 1.87. The Morgan fingerprint density at radius 3 is 2.58 bits per heavy atom. The average Bonchev–Trinajstić information content (AvgIpc) is 2.43. The molecule has 1 heterocycles. The quantitative estimate of drug-likeness (QED) is 0.615. The van der Waals surface area contributed by atoms with Crippen LogP contribution in [-0.4, -0.2) is 46.5 Å². The molecule has 19 heavy (non-hydrogen) atoms. The molecular weight excluding hydrogens is 248 g/mol. The molecule has 2 rings (SSSR count). The minimum atomic E-state index is -0.854. The van der Waals surface area contributed by atoms with Gasteiger partial charge in [0.25, 0.3) is 0 Å². The van der Waals surface area contributed by atoms with E-state index in [1.165, 1.54) is 11.3 Å². The van der Waals surface area contributed by atoms with Crippen LogP contribution < -0.4 is 0 Å². The number of hydrogen-bond donors (Lipinski definition) is 1. The number of rotatable bonds is 2. The van der Waals surface area contributed by atoms with Crippen LogP contribution in [0.25, 0.3) is 0 Å². The van der Waals surface area contributed by atoms with E-state index in [4.69, 9.17) is 4.74 Å². The number of ether oxygens (including phenoxy) is 1. The van der Waals surface area contributed by atoms with Crippen LogP contribution in [0.2, 0.25) is 0 Å². The zero-order valence-corrected chi connectivity index (χ0v) is 11.5. The van der Waals surface area contributed by atoms with E-state index < -0.39 is 12.3 Å². The number of esters is 1. The fourth-order valence-corrected chi connectivity index (χ4v) is 2.69. The highest BCUT2D eigenvalue weighted by Crippen LogP contribution is 2.27. The fourth-order valence-electron chi connectivity index (χ4n) is 2.69. The third-order valence-corrected chi connectivity index (χ3v) is 4.17. The first kappa shape index (κ1) is 14.1. The van der Waals surface area contributed by atoms with Gasteiger partial charge >= 0.3 is 12.0 Å². The molecule has 1 aliphatic heterocycles. The van der Waals surface area contributed by atoms with Crippen LogP contribution in [0.5, 0.6) is 0 Å². The van der Waals surface area contributed by atoms with Gasteiger partial charge in [-0.2, -0.15) is 5.06 Å².